The molecule has 0 atom stereocenters. The number of dihydropyridines is 1. The van der Waals surface area contributed by atoms with Gasteiger partial charge in [-0.1, -0.05) is 0 Å². The van der Waals surface area contributed by atoms with Gasteiger partial charge in [0, 0.05) is 6.42 Å². The van der Waals surface area contributed by atoms with Gasteiger partial charge in [0.05, 0.1) is 50.0 Å². The molecular formula is C25H27NO6. The molecule has 7 nitrogen and oxygen atoms in total. The highest BCUT2D eigenvalue weighted by molar-refractivity contribution is 6.07. The molecule has 1 N–H and O–H groups in total. The average Bonchev–Trinajstić information content (AvgIpc) is 2.83. The lowest BCUT2D eigenvalue weighted by Gasteiger charge is -2.26. The summed E-state index contributed by atoms with van der Waals surface area (Å²) in [5, 5.41) is 3.32. The van der Waals surface area contributed by atoms with E-state index in [1.165, 1.54) is 0 Å². The molecule has 0 fully saturated rings. The van der Waals surface area contributed by atoms with Crippen molar-refractivity contribution in [3.05, 3.63) is 70.8 Å². The van der Waals surface area contributed by atoms with E-state index in [0.29, 0.717) is 34.0 Å². The van der Waals surface area contributed by atoms with Crippen molar-refractivity contribution in [1.82, 2.24) is 5.32 Å². The molecule has 0 aromatic heterocycles. The van der Waals surface area contributed by atoms with E-state index in [1.54, 1.807) is 28.1 Å². The van der Waals surface area contributed by atoms with Crippen LogP contribution in [0, 0.1) is 0 Å². The maximum Gasteiger partial charge on any atom is 0.336 e. The van der Waals surface area contributed by atoms with Gasteiger partial charge < -0.3 is 24.3 Å². The van der Waals surface area contributed by atoms with Crippen molar-refractivity contribution in [2.45, 2.75) is 20.3 Å². The molecule has 2 aromatic rings. The highest BCUT2D eigenvalue weighted by atomic mass is 16.5. The first-order chi connectivity index (χ1) is 15.5. The number of benzene rings is 2. The Balaban J connectivity index is 2.12. The molecule has 7 heteroatoms. The Morgan fingerprint density at radius 3 is 1.41 bits per heavy atom. The molecule has 0 amide bonds. The highest BCUT2D eigenvalue weighted by Gasteiger charge is 2.31. The van der Waals surface area contributed by atoms with Crippen molar-refractivity contribution < 1.29 is 28.5 Å². The quantitative estimate of drug-likeness (QED) is 0.626. The predicted molar refractivity (Wildman–Crippen MR) is 121 cm³/mol. The molecule has 1 heterocycles. The lowest BCUT2D eigenvalue weighted by atomic mass is 9.91. The van der Waals surface area contributed by atoms with Crippen LogP contribution >= 0.6 is 0 Å². The maximum atomic E-state index is 12.8. The molecule has 0 spiro atoms. The molecule has 168 valence electrons. The van der Waals surface area contributed by atoms with Crippen LogP contribution in [-0.2, 0) is 19.1 Å². The van der Waals surface area contributed by atoms with E-state index in [4.69, 9.17) is 18.9 Å². The first-order valence-electron chi connectivity index (χ1n) is 10.4. The Kier molecular flexibility index (Phi) is 7.54. The molecular weight excluding hydrogens is 410 g/mol. The second kappa shape index (κ2) is 10.5. The molecule has 2 aromatic carbocycles. The Hall–Kier alpha value is -3.74. The largest absolute Gasteiger partial charge is 0.497 e. The summed E-state index contributed by atoms with van der Waals surface area (Å²) < 4.78 is 21.1. The molecule has 0 bridgehead atoms. The van der Waals surface area contributed by atoms with Crippen LogP contribution in [0.15, 0.2) is 59.7 Å². The number of carbonyl (C=O) groups excluding carboxylic acids is 2. The van der Waals surface area contributed by atoms with Crippen LogP contribution in [0.4, 0.5) is 0 Å². The Morgan fingerprint density at radius 2 is 1.09 bits per heavy atom. The monoisotopic (exact) mass is 437 g/mol. The fourth-order valence-electron chi connectivity index (χ4n) is 3.42. The molecule has 0 radical (unpaired) electrons. The van der Waals surface area contributed by atoms with Gasteiger partial charge >= 0.3 is 11.9 Å². The maximum absolute atomic E-state index is 12.8. The number of nitrogens with one attached hydrogen (secondary N) is 1. The molecule has 1 aliphatic heterocycles. The van der Waals surface area contributed by atoms with Crippen LogP contribution in [0.1, 0.15) is 31.4 Å². The smallest absolute Gasteiger partial charge is 0.336 e. The summed E-state index contributed by atoms with van der Waals surface area (Å²) in [5.74, 6) is 0.421. The molecule has 0 saturated heterocycles. The number of esters is 2. The van der Waals surface area contributed by atoms with Gasteiger partial charge in [0.2, 0.25) is 0 Å². The van der Waals surface area contributed by atoms with Gasteiger partial charge in [-0.15, -0.1) is 0 Å². The van der Waals surface area contributed by atoms with E-state index in [-0.39, 0.29) is 19.6 Å². The highest BCUT2D eigenvalue weighted by Crippen LogP contribution is 2.35. The molecule has 0 aliphatic carbocycles. The summed E-state index contributed by atoms with van der Waals surface area (Å²) in [7, 11) is 3.18. The molecule has 0 saturated carbocycles. The van der Waals surface area contributed by atoms with Crippen molar-refractivity contribution >= 4 is 23.3 Å². The summed E-state index contributed by atoms with van der Waals surface area (Å²) in [5.41, 5.74) is 3.40. The topological polar surface area (TPSA) is 83.1 Å². The van der Waals surface area contributed by atoms with E-state index < -0.39 is 11.9 Å². The van der Waals surface area contributed by atoms with E-state index in [9.17, 15) is 9.59 Å². The van der Waals surface area contributed by atoms with Gasteiger partial charge in [0.1, 0.15) is 11.5 Å². The molecule has 1 aliphatic rings. The van der Waals surface area contributed by atoms with Crippen LogP contribution in [0.25, 0.3) is 11.4 Å². The molecule has 3 rings (SSSR count). The Labute approximate surface area is 187 Å². The minimum Gasteiger partial charge on any atom is -0.497 e. The SMILES string of the molecule is CCOC(=O)C1=C(c2ccc(OC)cc2)NC(c2ccc(OC)cc2)=C(C(=O)OCC)C1. The summed E-state index contributed by atoms with van der Waals surface area (Å²) in [4.78, 5) is 25.6. The lowest BCUT2D eigenvalue weighted by Crippen LogP contribution is -2.27. The normalized spacial score (nSPS) is 13.4. The summed E-state index contributed by atoms with van der Waals surface area (Å²) in [6.07, 6.45) is 0.0768. The van der Waals surface area contributed by atoms with Crippen LogP contribution in [0.3, 0.4) is 0 Å². The summed E-state index contributed by atoms with van der Waals surface area (Å²) in [6, 6.07) is 14.6. The second-order valence-corrected chi connectivity index (χ2v) is 6.91. The minimum absolute atomic E-state index is 0.0768. The van der Waals surface area contributed by atoms with E-state index in [2.05, 4.69) is 5.32 Å². The zero-order valence-corrected chi connectivity index (χ0v) is 18.7. The fourth-order valence-corrected chi connectivity index (χ4v) is 3.42. The van der Waals surface area contributed by atoms with E-state index >= 15 is 0 Å². The first-order valence-corrected chi connectivity index (χ1v) is 10.4. The van der Waals surface area contributed by atoms with Crippen LogP contribution in [0.5, 0.6) is 11.5 Å². The lowest BCUT2D eigenvalue weighted by molar-refractivity contribution is -0.139. The number of rotatable bonds is 8. The van der Waals surface area contributed by atoms with E-state index in [0.717, 1.165) is 11.1 Å². The predicted octanol–water partition coefficient (Wildman–Crippen LogP) is 3.95. The summed E-state index contributed by atoms with van der Waals surface area (Å²) >= 11 is 0. The zero-order chi connectivity index (χ0) is 23.1. The van der Waals surface area contributed by atoms with Crippen LogP contribution in [0.2, 0.25) is 0 Å². The van der Waals surface area contributed by atoms with Crippen molar-refractivity contribution in [2.75, 3.05) is 27.4 Å². The van der Waals surface area contributed by atoms with Gasteiger partial charge in [-0.25, -0.2) is 9.59 Å². The number of hydrogen-bond donors (Lipinski definition) is 1. The van der Waals surface area contributed by atoms with Gasteiger partial charge in [-0.3, -0.25) is 0 Å². The van der Waals surface area contributed by atoms with Crippen molar-refractivity contribution in [3.8, 4) is 11.5 Å². The van der Waals surface area contributed by atoms with Crippen LogP contribution < -0.4 is 14.8 Å². The average molecular weight is 437 g/mol. The summed E-state index contributed by atoms with van der Waals surface area (Å²) in [6.45, 7) is 3.93. The van der Waals surface area contributed by atoms with Gasteiger partial charge in [-0.2, -0.15) is 0 Å². The number of methoxy groups -OCH3 is 2. The standard InChI is InChI=1S/C25H27NO6/c1-5-31-24(27)20-15-21(25(28)32-6-2)23(17-9-13-19(30-4)14-10-17)26-22(20)16-7-11-18(29-3)12-8-16/h7-14,26H,5-6,15H2,1-4H3. The Bertz CT molecular complexity index is 952. The van der Waals surface area contributed by atoms with Crippen molar-refractivity contribution in [2.24, 2.45) is 0 Å². The zero-order valence-electron chi connectivity index (χ0n) is 18.7. The van der Waals surface area contributed by atoms with Crippen LogP contribution in [-0.4, -0.2) is 39.4 Å². The van der Waals surface area contributed by atoms with Gasteiger partial charge in [0.25, 0.3) is 0 Å². The first kappa shape index (κ1) is 22.9. The van der Waals surface area contributed by atoms with Crippen molar-refractivity contribution in [1.29, 1.82) is 0 Å². The van der Waals surface area contributed by atoms with Gasteiger partial charge in [0.15, 0.2) is 0 Å². The minimum atomic E-state index is -0.485. The number of carbonyl (C=O) groups is 2. The number of ether oxygens (including phenoxy) is 4. The third-order valence-corrected chi connectivity index (χ3v) is 5.01. The third-order valence-electron chi connectivity index (χ3n) is 5.01. The number of hydrogen-bond acceptors (Lipinski definition) is 7. The fraction of sp³-hybridized carbons (Fsp3) is 0.280. The van der Waals surface area contributed by atoms with E-state index in [1.807, 2.05) is 48.5 Å². The van der Waals surface area contributed by atoms with Gasteiger partial charge in [-0.05, 0) is 73.5 Å². The second-order valence-electron chi connectivity index (χ2n) is 6.91. The van der Waals surface area contributed by atoms with Crippen molar-refractivity contribution in [3.63, 3.8) is 0 Å². The molecule has 0 unspecified atom stereocenters. The Morgan fingerprint density at radius 1 is 0.719 bits per heavy atom. The molecule has 32 heavy (non-hydrogen) atoms. The third kappa shape index (κ3) is 4.94.